The maximum absolute atomic E-state index is 11.7. The number of rotatable bonds is 3. The van der Waals surface area contributed by atoms with Crippen molar-refractivity contribution in [2.24, 2.45) is 0 Å². The molecule has 5 heteroatoms. The molecule has 1 heterocycles. The minimum Gasteiger partial charge on any atom is -0.384 e. The molecule has 1 aromatic heterocycles. The Hall–Kier alpha value is -2.56. The third-order valence-corrected chi connectivity index (χ3v) is 2.61. The van der Waals surface area contributed by atoms with Crippen molar-refractivity contribution in [1.82, 2.24) is 10.3 Å². The van der Waals surface area contributed by atoms with E-state index in [2.05, 4.69) is 15.6 Å². The normalized spacial score (nSPS) is 9.95. The lowest BCUT2D eigenvalue weighted by Crippen LogP contribution is -2.28. The van der Waals surface area contributed by atoms with E-state index in [1.54, 1.807) is 12.3 Å². The van der Waals surface area contributed by atoms with Crippen LogP contribution in [0.15, 0.2) is 42.6 Å². The summed E-state index contributed by atoms with van der Waals surface area (Å²) in [6, 6.07) is 10.9. The molecule has 0 bridgehead atoms. The Balaban J connectivity index is 1.84. The minimum absolute atomic E-state index is 0.249. The number of carbonyl (C=O) groups is 1. The molecule has 2 amide bonds. The van der Waals surface area contributed by atoms with E-state index in [0.29, 0.717) is 12.4 Å². The van der Waals surface area contributed by atoms with Gasteiger partial charge >= 0.3 is 6.03 Å². The van der Waals surface area contributed by atoms with Crippen molar-refractivity contribution in [3.05, 3.63) is 53.7 Å². The monoisotopic (exact) mass is 256 g/mol. The van der Waals surface area contributed by atoms with Gasteiger partial charge in [0.05, 0.1) is 0 Å². The predicted molar refractivity (Wildman–Crippen MR) is 75.7 cm³/mol. The zero-order valence-corrected chi connectivity index (χ0v) is 10.7. The van der Waals surface area contributed by atoms with Crippen LogP contribution in [0.5, 0.6) is 0 Å². The number of aryl methyl sites for hydroxylation is 1. The Kier molecular flexibility index (Phi) is 3.97. The summed E-state index contributed by atoms with van der Waals surface area (Å²) in [6.07, 6.45) is 1.64. The minimum atomic E-state index is -0.249. The van der Waals surface area contributed by atoms with Crippen LogP contribution in [-0.4, -0.2) is 11.0 Å². The van der Waals surface area contributed by atoms with Crippen LogP contribution in [0, 0.1) is 6.92 Å². The number of hydrogen-bond acceptors (Lipinski definition) is 3. The van der Waals surface area contributed by atoms with Gasteiger partial charge in [0.2, 0.25) is 0 Å². The molecule has 0 radical (unpaired) electrons. The zero-order chi connectivity index (χ0) is 13.7. The molecule has 0 aliphatic carbocycles. The average Bonchev–Trinajstić information content (AvgIpc) is 2.41. The van der Waals surface area contributed by atoms with Gasteiger partial charge in [-0.3, -0.25) is 0 Å². The van der Waals surface area contributed by atoms with Gasteiger partial charge in [-0.05, 0) is 30.7 Å². The number of benzene rings is 1. The average molecular weight is 256 g/mol. The van der Waals surface area contributed by atoms with E-state index in [1.165, 1.54) is 0 Å². The third-order valence-electron chi connectivity index (χ3n) is 2.61. The van der Waals surface area contributed by atoms with E-state index >= 15 is 0 Å². The summed E-state index contributed by atoms with van der Waals surface area (Å²) >= 11 is 0. The predicted octanol–water partition coefficient (Wildman–Crippen LogP) is 2.29. The third kappa shape index (κ3) is 3.99. The number of hydrogen-bond donors (Lipinski definition) is 3. The first-order chi connectivity index (χ1) is 9.13. The van der Waals surface area contributed by atoms with Crippen LogP contribution >= 0.6 is 0 Å². The second kappa shape index (κ2) is 5.86. The van der Waals surface area contributed by atoms with Gasteiger partial charge in [0.15, 0.2) is 0 Å². The number of nitrogens with one attached hydrogen (secondary N) is 2. The molecule has 0 fully saturated rings. The lowest BCUT2D eigenvalue weighted by molar-refractivity contribution is 0.251. The van der Waals surface area contributed by atoms with Gasteiger partial charge in [-0.2, -0.15) is 0 Å². The summed E-state index contributed by atoms with van der Waals surface area (Å²) in [4.78, 5) is 15.6. The van der Waals surface area contributed by atoms with E-state index in [4.69, 9.17) is 5.73 Å². The highest BCUT2D eigenvalue weighted by molar-refractivity contribution is 5.89. The maximum atomic E-state index is 11.7. The van der Waals surface area contributed by atoms with E-state index in [1.807, 2.05) is 37.3 Å². The lowest BCUT2D eigenvalue weighted by atomic mass is 10.2. The van der Waals surface area contributed by atoms with Gasteiger partial charge in [0.25, 0.3) is 0 Å². The van der Waals surface area contributed by atoms with Crippen LogP contribution in [0.25, 0.3) is 0 Å². The summed E-state index contributed by atoms with van der Waals surface area (Å²) in [7, 11) is 0. The molecule has 2 aromatic rings. The molecule has 1 aromatic carbocycles. The molecule has 0 saturated carbocycles. The van der Waals surface area contributed by atoms with Crippen LogP contribution < -0.4 is 16.4 Å². The fraction of sp³-hybridized carbons (Fsp3) is 0.143. The highest BCUT2D eigenvalue weighted by Crippen LogP contribution is 2.08. The molecule has 0 atom stereocenters. The molecule has 98 valence electrons. The van der Waals surface area contributed by atoms with Gasteiger partial charge < -0.3 is 16.4 Å². The van der Waals surface area contributed by atoms with Gasteiger partial charge in [0, 0.05) is 18.4 Å². The molecule has 2 rings (SSSR count). The van der Waals surface area contributed by atoms with Gasteiger partial charge in [-0.1, -0.05) is 23.8 Å². The van der Waals surface area contributed by atoms with Crippen LogP contribution in [0.3, 0.4) is 0 Å². The number of nitrogens with two attached hydrogens (primary N) is 1. The molecule has 0 aliphatic heterocycles. The lowest BCUT2D eigenvalue weighted by Gasteiger charge is -2.07. The van der Waals surface area contributed by atoms with Crippen LogP contribution in [0.2, 0.25) is 0 Å². The number of nitrogen functional groups attached to an aromatic ring is 1. The van der Waals surface area contributed by atoms with Gasteiger partial charge in [-0.25, -0.2) is 9.78 Å². The first-order valence-corrected chi connectivity index (χ1v) is 5.95. The molecule has 0 saturated heterocycles. The number of amides is 2. The quantitative estimate of drug-likeness (QED) is 0.788. The standard InChI is InChI=1S/C14H16N4O/c1-10-2-5-12(6-3-10)18-14(19)17-9-11-4-7-13(15)16-8-11/h2-8H,9H2,1H3,(H2,15,16)(H2,17,18,19). The van der Waals surface area contributed by atoms with Gasteiger partial charge in [0.1, 0.15) is 5.82 Å². The van der Waals surface area contributed by atoms with Crippen molar-refractivity contribution in [3.8, 4) is 0 Å². The van der Waals surface area contributed by atoms with Crippen molar-refractivity contribution in [2.45, 2.75) is 13.5 Å². The number of aromatic nitrogens is 1. The second-order valence-electron chi connectivity index (χ2n) is 4.27. The Labute approximate surface area is 111 Å². The number of nitrogens with zero attached hydrogens (tertiary/aromatic N) is 1. The number of anilines is 2. The molecule has 5 nitrogen and oxygen atoms in total. The summed E-state index contributed by atoms with van der Waals surface area (Å²) in [5.41, 5.74) is 8.30. The number of carbonyl (C=O) groups excluding carboxylic acids is 1. The second-order valence-corrected chi connectivity index (χ2v) is 4.27. The molecular formula is C14H16N4O. The fourth-order valence-corrected chi connectivity index (χ4v) is 1.54. The molecule has 0 spiro atoms. The van der Waals surface area contributed by atoms with Gasteiger partial charge in [-0.15, -0.1) is 0 Å². The molecule has 0 aliphatic rings. The van der Waals surface area contributed by atoms with Crippen molar-refractivity contribution >= 4 is 17.5 Å². The van der Waals surface area contributed by atoms with E-state index < -0.39 is 0 Å². The summed E-state index contributed by atoms with van der Waals surface area (Å²) in [5.74, 6) is 0.466. The smallest absolute Gasteiger partial charge is 0.319 e. The van der Waals surface area contributed by atoms with Crippen LogP contribution in [0.4, 0.5) is 16.3 Å². The zero-order valence-electron chi connectivity index (χ0n) is 10.7. The summed E-state index contributed by atoms with van der Waals surface area (Å²) in [5, 5.41) is 5.51. The molecule has 19 heavy (non-hydrogen) atoms. The van der Waals surface area contributed by atoms with Crippen LogP contribution in [-0.2, 0) is 6.54 Å². The highest BCUT2D eigenvalue weighted by Gasteiger charge is 2.01. The van der Waals surface area contributed by atoms with Crippen molar-refractivity contribution in [2.75, 3.05) is 11.1 Å². The van der Waals surface area contributed by atoms with E-state index in [0.717, 1.165) is 16.8 Å². The largest absolute Gasteiger partial charge is 0.384 e. The molecular weight excluding hydrogens is 240 g/mol. The Morgan fingerprint density at radius 2 is 1.95 bits per heavy atom. The Morgan fingerprint density at radius 1 is 1.21 bits per heavy atom. The van der Waals surface area contributed by atoms with Crippen molar-refractivity contribution in [3.63, 3.8) is 0 Å². The Morgan fingerprint density at radius 3 is 2.58 bits per heavy atom. The molecule has 4 N–H and O–H groups in total. The van der Waals surface area contributed by atoms with Crippen molar-refractivity contribution < 1.29 is 4.79 Å². The number of pyridine rings is 1. The molecule has 0 unspecified atom stereocenters. The first-order valence-electron chi connectivity index (χ1n) is 5.95. The topological polar surface area (TPSA) is 80.0 Å². The Bertz CT molecular complexity index is 549. The summed E-state index contributed by atoms with van der Waals surface area (Å²) < 4.78 is 0. The SMILES string of the molecule is Cc1ccc(NC(=O)NCc2ccc(N)nc2)cc1. The van der Waals surface area contributed by atoms with E-state index in [9.17, 15) is 4.79 Å². The number of urea groups is 1. The first kappa shape index (κ1) is 12.9. The maximum Gasteiger partial charge on any atom is 0.319 e. The van der Waals surface area contributed by atoms with Crippen LogP contribution in [0.1, 0.15) is 11.1 Å². The van der Waals surface area contributed by atoms with E-state index in [-0.39, 0.29) is 6.03 Å². The van der Waals surface area contributed by atoms with Crippen molar-refractivity contribution in [1.29, 1.82) is 0 Å². The fourth-order valence-electron chi connectivity index (χ4n) is 1.54. The highest BCUT2D eigenvalue weighted by atomic mass is 16.2. The summed E-state index contributed by atoms with van der Waals surface area (Å²) in [6.45, 7) is 2.41.